The minimum absolute atomic E-state index is 0.249. The minimum Gasteiger partial charge on any atom is -0.306 e. The Balaban J connectivity index is 1.89. The van der Waals surface area contributed by atoms with Crippen molar-refractivity contribution in [3.63, 3.8) is 0 Å². The van der Waals surface area contributed by atoms with Gasteiger partial charge in [0.05, 0.1) is 0 Å². The fourth-order valence-corrected chi connectivity index (χ4v) is 1.88. The Hall–Kier alpha value is -2.53. The highest BCUT2D eigenvalue weighted by Gasteiger charge is 2.07. The summed E-state index contributed by atoms with van der Waals surface area (Å²) in [7, 11) is 0. The molecule has 20 heavy (non-hydrogen) atoms. The number of amides is 1. The molecule has 0 aliphatic rings. The summed E-state index contributed by atoms with van der Waals surface area (Å²) in [6.45, 7) is 0. The maximum Gasteiger partial charge on any atom is 0.256 e. The SMILES string of the molecule is O=C(Nc1ccc2ccc(Cl)nc2n1)c1ccncc1. The zero-order chi connectivity index (χ0) is 13.9. The zero-order valence-electron chi connectivity index (χ0n) is 10.2. The lowest BCUT2D eigenvalue weighted by atomic mass is 10.2. The monoisotopic (exact) mass is 284 g/mol. The Morgan fingerprint density at radius 3 is 2.55 bits per heavy atom. The summed E-state index contributed by atoms with van der Waals surface area (Å²) < 4.78 is 0. The predicted octanol–water partition coefficient (Wildman–Crippen LogP) is 2.93. The number of nitrogens with one attached hydrogen (secondary N) is 1. The second-order valence-electron chi connectivity index (χ2n) is 4.07. The van der Waals surface area contributed by atoms with Crippen LogP contribution in [0, 0.1) is 0 Å². The lowest BCUT2D eigenvalue weighted by molar-refractivity contribution is 0.102. The summed E-state index contributed by atoms with van der Waals surface area (Å²) in [4.78, 5) is 24.2. The molecule has 1 N–H and O–H groups in total. The lowest BCUT2D eigenvalue weighted by Crippen LogP contribution is -2.12. The van der Waals surface area contributed by atoms with Crippen molar-refractivity contribution in [3.8, 4) is 0 Å². The highest BCUT2D eigenvalue weighted by molar-refractivity contribution is 6.29. The molecule has 5 nitrogen and oxygen atoms in total. The first-order valence-electron chi connectivity index (χ1n) is 5.87. The largest absolute Gasteiger partial charge is 0.306 e. The van der Waals surface area contributed by atoms with Crippen LogP contribution in [0.1, 0.15) is 10.4 Å². The van der Waals surface area contributed by atoms with Gasteiger partial charge >= 0.3 is 0 Å². The molecular weight excluding hydrogens is 276 g/mol. The fraction of sp³-hybridized carbons (Fsp3) is 0. The van der Waals surface area contributed by atoms with Gasteiger partial charge in [-0.05, 0) is 36.4 Å². The molecule has 0 atom stereocenters. The van der Waals surface area contributed by atoms with Crippen molar-refractivity contribution in [2.75, 3.05) is 5.32 Å². The molecule has 3 heterocycles. The molecule has 0 radical (unpaired) electrons. The standard InChI is InChI=1S/C14H9ClN4O/c15-11-3-1-9-2-4-12(18-13(9)17-11)19-14(20)10-5-7-16-8-6-10/h1-8H,(H,17,18,19,20). The van der Waals surface area contributed by atoms with E-state index in [4.69, 9.17) is 11.6 Å². The van der Waals surface area contributed by atoms with Crippen LogP contribution in [0.5, 0.6) is 0 Å². The average molecular weight is 285 g/mol. The van der Waals surface area contributed by atoms with Crippen LogP contribution >= 0.6 is 11.6 Å². The van der Waals surface area contributed by atoms with Gasteiger partial charge in [0.15, 0.2) is 5.65 Å². The van der Waals surface area contributed by atoms with E-state index in [1.165, 1.54) is 0 Å². The Bertz CT molecular complexity index is 776. The molecule has 0 saturated heterocycles. The third-order valence-electron chi connectivity index (χ3n) is 2.70. The Kier molecular flexibility index (Phi) is 3.26. The molecule has 0 aliphatic heterocycles. The molecule has 3 rings (SSSR count). The molecule has 0 saturated carbocycles. The Morgan fingerprint density at radius 2 is 1.75 bits per heavy atom. The summed E-state index contributed by atoms with van der Waals surface area (Å²) >= 11 is 5.83. The van der Waals surface area contributed by atoms with Gasteiger partial charge in [-0.25, -0.2) is 9.97 Å². The number of hydrogen-bond donors (Lipinski definition) is 1. The van der Waals surface area contributed by atoms with Gasteiger partial charge in [0.1, 0.15) is 11.0 Å². The van der Waals surface area contributed by atoms with E-state index >= 15 is 0 Å². The average Bonchev–Trinajstić information content (AvgIpc) is 2.47. The molecule has 3 aromatic rings. The molecular formula is C14H9ClN4O. The van der Waals surface area contributed by atoms with Crippen molar-refractivity contribution < 1.29 is 4.79 Å². The van der Waals surface area contributed by atoms with E-state index in [1.807, 2.05) is 12.1 Å². The van der Waals surface area contributed by atoms with Crippen LogP contribution in [0.2, 0.25) is 5.15 Å². The number of nitrogens with zero attached hydrogens (tertiary/aromatic N) is 3. The molecule has 6 heteroatoms. The summed E-state index contributed by atoms with van der Waals surface area (Å²) in [5.41, 5.74) is 1.01. The summed E-state index contributed by atoms with van der Waals surface area (Å²) in [6.07, 6.45) is 3.12. The number of rotatable bonds is 2. The van der Waals surface area contributed by atoms with Crippen LogP contribution in [-0.2, 0) is 0 Å². The van der Waals surface area contributed by atoms with Crippen molar-refractivity contribution in [1.82, 2.24) is 15.0 Å². The van der Waals surface area contributed by atoms with Gasteiger partial charge in [0.2, 0.25) is 0 Å². The van der Waals surface area contributed by atoms with Gasteiger partial charge in [-0.15, -0.1) is 0 Å². The number of halogens is 1. The number of carbonyl (C=O) groups is 1. The third kappa shape index (κ3) is 2.57. The number of hydrogen-bond acceptors (Lipinski definition) is 4. The molecule has 0 aromatic carbocycles. The summed E-state index contributed by atoms with van der Waals surface area (Å²) in [6, 6.07) is 10.3. The molecule has 0 unspecified atom stereocenters. The number of aromatic nitrogens is 3. The molecule has 0 aliphatic carbocycles. The maximum absolute atomic E-state index is 12.0. The van der Waals surface area contributed by atoms with E-state index in [-0.39, 0.29) is 5.91 Å². The molecule has 0 fully saturated rings. The highest BCUT2D eigenvalue weighted by Crippen LogP contribution is 2.16. The quantitative estimate of drug-likeness (QED) is 0.735. The third-order valence-corrected chi connectivity index (χ3v) is 2.91. The Labute approximate surface area is 119 Å². The van der Waals surface area contributed by atoms with Crippen molar-refractivity contribution in [2.24, 2.45) is 0 Å². The van der Waals surface area contributed by atoms with Crippen LogP contribution < -0.4 is 5.32 Å². The predicted molar refractivity (Wildman–Crippen MR) is 76.7 cm³/mol. The second-order valence-corrected chi connectivity index (χ2v) is 4.45. The molecule has 0 bridgehead atoms. The first-order valence-corrected chi connectivity index (χ1v) is 6.25. The van der Waals surface area contributed by atoms with E-state index in [1.54, 1.807) is 36.7 Å². The van der Waals surface area contributed by atoms with E-state index in [9.17, 15) is 4.79 Å². The maximum atomic E-state index is 12.0. The highest BCUT2D eigenvalue weighted by atomic mass is 35.5. The molecule has 98 valence electrons. The van der Waals surface area contributed by atoms with Crippen LogP contribution in [0.25, 0.3) is 11.0 Å². The van der Waals surface area contributed by atoms with Crippen molar-refractivity contribution in [2.45, 2.75) is 0 Å². The van der Waals surface area contributed by atoms with Gasteiger partial charge in [-0.3, -0.25) is 9.78 Å². The van der Waals surface area contributed by atoms with Gasteiger partial charge in [-0.2, -0.15) is 0 Å². The van der Waals surface area contributed by atoms with Crippen molar-refractivity contribution in [3.05, 3.63) is 59.5 Å². The minimum atomic E-state index is -0.249. The summed E-state index contributed by atoms with van der Waals surface area (Å²) in [5, 5.41) is 3.93. The van der Waals surface area contributed by atoms with Crippen molar-refractivity contribution in [1.29, 1.82) is 0 Å². The normalized spacial score (nSPS) is 10.4. The van der Waals surface area contributed by atoms with Crippen LogP contribution in [0.15, 0.2) is 48.8 Å². The van der Waals surface area contributed by atoms with Crippen LogP contribution in [0.3, 0.4) is 0 Å². The van der Waals surface area contributed by atoms with E-state index in [0.717, 1.165) is 5.39 Å². The fourth-order valence-electron chi connectivity index (χ4n) is 1.74. The molecule has 1 amide bonds. The van der Waals surface area contributed by atoms with E-state index in [2.05, 4.69) is 20.3 Å². The topological polar surface area (TPSA) is 67.8 Å². The number of carbonyl (C=O) groups excluding carboxylic acids is 1. The van der Waals surface area contributed by atoms with Crippen LogP contribution in [-0.4, -0.2) is 20.9 Å². The molecule has 3 aromatic heterocycles. The first-order chi connectivity index (χ1) is 9.72. The smallest absolute Gasteiger partial charge is 0.256 e. The number of pyridine rings is 3. The van der Waals surface area contributed by atoms with Gasteiger partial charge in [0, 0.05) is 23.3 Å². The summed E-state index contributed by atoms with van der Waals surface area (Å²) in [5.74, 6) is 0.176. The van der Waals surface area contributed by atoms with Crippen LogP contribution in [0.4, 0.5) is 5.82 Å². The van der Waals surface area contributed by atoms with E-state index < -0.39 is 0 Å². The van der Waals surface area contributed by atoms with Gasteiger partial charge < -0.3 is 5.32 Å². The molecule has 0 spiro atoms. The lowest BCUT2D eigenvalue weighted by Gasteiger charge is -2.05. The van der Waals surface area contributed by atoms with E-state index in [0.29, 0.717) is 22.2 Å². The van der Waals surface area contributed by atoms with Crippen molar-refractivity contribution >= 4 is 34.4 Å². The van der Waals surface area contributed by atoms with Gasteiger partial charge in [-0.1, -0.05) is 11.6 Å². The second kappa shape index (κ2) is 5.22. The number of fused-ring (bicyclic) bond motifs is 1. The zero-order valence-corrected chi connectivity index (χ0v) is 11.0. The van der Waals surface area contributed by atoms with Gasteiger partial charge in [0.25, 0.3) is 5.91 Å². The Morgan fingerprint density at radius 1 is 1.00 bits per heavy atom. The number of anilines is 1. The first kappa shape index (κ1) is 12.5.